The van der Waals surface area contributed by atoms with Gasteiger partial charge in [0.25, 0.3) is 5.91 Å². The molecule has 2 aromatic rings. The van der Waals surface area contributed by atoms with E-state index in [1.807, 2.05) is 30.3 Å². The molecule has 1 aliphatic heterocycles. The number of hydrogen-bond acceptors (Lipinski definition) is 6. The van der Waals surface area contributed by atoms with E-state index >= 15 is 0 Å². The molecule has 1 saturated carbocycles. The van der Waals surface area contributed by atoms with Gasteiger partial charge in [0.05, 0.1) is 25.6 Å². The number of Topliss-reactive ketones (excluding diaryl/α,β-unsaturated/α-hetero) is 2. The van der Waals surface area contributed by atoms with Crippen LogP contribution < -0.4 is 10.1 Å². The van der Waals surface area contributed by atoms with E-state index in [2.05, 4.69) is 5.32 Å². The first-order valence-corrected chi connectivity index (χ1v) is 10.6. The number of ether oxygens (including phenoxy) is 1. The summed E-state index contributed by atoms with van der Waals surface area (Å²) in [5.74, 6) is 0.243. The highest BCUT2D eigenvalue weighted by atomic mass is 35.5. The van der Waals surface area contributed by atoms with Crippen molar-refractivity contribution in [2.75, 3.05) is 13.2 Å². The van der Waals surface area contributed by atoms with Crippen LogP contribution in [0.4, 0.5) is 0 Å². The summed E-state index contributed by atoms with van der Waals surface area (Å²) in [5.41, 5.74) is 3.48. The molecule has 4 rings (SSSR count). The van der Waals surface area contributed by atoms with E-state index in [-0.39, 0.29) is 42.9 Å². The number of ketones is 2. The van der Waals surface area contributed by atoms with Gasteiger partial charge >= 0.3 is 0 Å². The zero-order valence-corrected chi connectivity index (χ0v) is 18.5. The Labute approximate surface area is 193 Å². The number of benzene rings is 2. The molecule has 0 spiro atoms. The second-order valence-corrected chi connectivity index (χ2v) is 7.96. The second kappa shape index (κ2) is 10.7. The highest BCUT2D eigenvalue weighted by molar-refractivity contribution is 6.07. The van der Waals surface area contributed by atoms with Crippen LogP contribution in [0.1, 0.15) is 46.3 Å². The predicted molar refractivity (Wildman–Crippen MR) is 121 cm³/mol. The summed E-state index contributed by atoms with van der Waals surface area (Å²) in [7, 11) is 0. The largest absolute Gasteiger partial charge is 0.489 e. The van der Waals surface area contributed by atoms with Crippen LogP contribution >= 0.6 is 12.4 Å². The lowest BCUT2D eigenvalue weighted by Crippen LogP contribution is -2.44. The molecule has 2 N–H and O–H groups in total. The van der Waals surface area contributed by atoms with Crippen molar-refractivity contribution in [1.82, 2.24) is 10.2 Å². The van der Waals surface area contributed by atoms with Gasteiger partial charge in [0.1, 0.15) is 18.1 Å². The van der Waals surface area contributed by atoms with Gasteiger partial charge in [-0.1, -0.05) is 30.3 Å². The number of hydrogen-bond donors (Lipinski definition) is 2. The zero-order valence-electron chi connectivity index (χ0n) is 17.7. The molecule has 170 valence electrons. The molecule has 1 fully saturated rings. The summed E-state index contributed by atoms with van der Waals surface area (Å²) in [4.78, 5) is 38.4. The molecule has 0 aromatic heterocycles. The van der Waals surface area contributed by atoms with Crippen LogP contribution in [-0.2, 0) is 29.3 Å². The monoisotopic (exact) mass is 458 g/mol. The number of nitrogens with zero attached hydrogens (tertiary/aromatic N) is 1. The minimum Gasteiger partial charge on any atom is -0.489 e. The molecule has 1 unspecified atom stereocenters. The maximum absolute atomic E-state index is 12.9. The van der Waals surface area contributed by atoms with Crippen molar-refractivity contribution in [1.29, 1.82) is 0 Å². The van der Waals surface area contributed by atoms with E-state index in [9.17, 15) is 14.4 Å². The van der Waals surface area contributed by atoms with Gasteiger partial charge in [-0.3, -0.25) is 14.4 Å². The van der Waals surface area contributed by atoms with Gasteiger partial charge in [0.2, 0.25) is 0 Å². The van der Waals surface area contributed by atoms with Gasteiger partial charge in [0.15, 0.2) is 5.78 Å². The standard InChI is InChI=1S/C24H26N2O5.ClH/c27-11-10-25-13-16-4-6-17(7-5-16)15-31-23-3-1-2-19-20(23)14-26(24(19)30)21-9-8-18(28)12-22(21)29;/h1-7,21,25,27H,8-15H2;1H. The number of halogens is 1. The van der Waals surface area contributed by atoms with Crippen molar-refractivity contribution in [3.63, 3.8) is 0 Å². The molecule has 0 radical (unpaired) electrons. The Morgan fingerprint density at radius 1 is 1.06 bits per heavy atom. The second-order valence-electron chi connectivity index (χ2n) is 7.96. The summed E-state index contributed by atoms with van der Waals surface area (Å²) < 4.78 is 6.03. The van der Waals surface area contributed by atoms with Crippen LogP contribution in [0, 0.1) is 0 Å². The Hall–Kier alpha value is -2.74. The van der Waals surface area contributed by atoms with Gasteiger partial charge in [-0.25, -0.2) is 0 Å². The summed E-state index contributed by atoms with van der Waals surface area (Å²) >= 11 is 0. The van der Waals surface area contributed by atoms with Crippen LogP contribution in [0.2, 0.25) is 0 Å². The summed E-state index contributed by atoms with van der Waals surface area (Å²) in [6.07, 6.45) is 0.651. The molecule has 1 heterocycles. The fourth-order valence-electron chi connectivity index (χ4n) is 4.13. The molecule has 1 amide bonds. The molecule has 32 heavy (non-hydrogen) atoms. The average Bonchev–Trinajstić information content (AvgIpc) is 3.10. The number of aliphatic hydroxyl groups is 1. The lowest BCUT2D eigenvalue weighted by atomic mass is 9.92. The van der Waals surface area contributed by atoms with E-state index < -0.39 is 6.04 Å². The number of carbonyl (C=O) groups is 3. The maximum Gasteiger partial charge on any atom is 0.255 e. The Morgan fingerprint density at radius 2 is 1.81 bits per heavy atom. The SMILES string of the molecule is Cl.O=C1CCC(N2Cc3c(OCc4ccc(CNCCO)cc4)cccc3C2=O)C(=O)C1. The van der Waals surface area contributed by atoms with Crippen LogP contribution in [0.5, 0.6) is 5.75 Å². The molecule has 1 aliphatic carbocycles. The molecule has 0 saturated heterocycles. The third-order valence-electron chi connectivity index (χ3n) is 5.80. The summed E-state index contributed by atoms with van der Waals surface area (Å²) in [6.45, 7) is 2.05. The van der Waals surface area contributed by atoms with E-state index in [1.165, 1.54) is 0 Å². The minimum absolute atomic E-state index is 0. The Morgan fingerprint density at radius 3 is 2.53 bits per heavy atom. The van der Waals surface area contributed by atoms with E-state index in [4.69, 9.17) is 9.84 Å². The molecule has 1 atom stereocenters. The van der Waals surface area contributed by atoms with Gasteiger partial charge in [-0.2, -0.15) is 0 Å². The first kappa shape index (κ1) is 23.9. The molecule has 7 nitrogen and oxygen atoms in total. The smallest absolute Gasteiger partial charge is 0.255 e. The van der Waals surface area contributed by atoms with Gasteiger partial charge < -0.3 is 20.1 Å². The van der Waals surface area contributed by atoms with Gasteiger partial charge in [-0.15, -0.1) is 12.4 Å². The number of amides is 1. The first-order valence-electron chi connectivity index (χ1n) is 10.6. The number of fused-ring (bicyclic) bond motifs is 1. The number of nitrogens with one attached hydrogen (secondary N) is 1. The van der Waals surface area contributed by atoms with Crippen molar-refractivity contribution in [3.05, 3.63) is 64.7 Å². The van der Waals surface area contributed by atoms with Gasteiger partial charge in [-0.05, 0) is 29.7 Å². The predicted octanol–water partition coefficient (Wildman–Crippen LogP) is 2.42. The average molecular weight is 459 g/mol. The summed E-state index contributed by atoms with van der Waals surface area (Å²) in [6, 6.07) is 12.9. The molecule has 0 bridgehead atoms. The zero-order chi connectivity index (χ0) is 21.8. The lowest BCUT2D eigenvalue weighted by molar-refractivity contribution is -0.133. The van der Waals surface area contributed by atoms with E-state index in [0.717, 1.165) is 16.7 Å². The quantitative estimate of drug-likeness (QED) is 0.466. The van der Waals surface area contributed by atoms with Crippen molar-refractivity contribution in [2.24, 2.45) is 0 Å². The first-order chi connectivity index (χ1) is 15.1. The van der Waals surface area contributed by atoms with Crippen LogP contribution in [-0.4, -0.2) is 46.7 Å². The fraction of sp³-hybridized carbons (Fsp3) is 0.375. The number of rotatable bonds is 8. The van der Waals surface area contributed by atoms with Crippen LogP contribution in [0.3, 0.4) is 0 Å². The maximum atomic E-state index is 12.9. The van der Waals surface area contributed by atoms with Crippen molar-refractivity contribution in [3.8, 4) is 5.75 Å². The number of aliphatic hydroxyl groups excluding tert-OH is 1. The highest BCUT2D eigenvalue weighted by Crippen LogP contribution is 2.34. The van der Waals surface area contributed by atoms with Crippen LogP contribution in [0.25, 0.3) is 0 Å². The summed E-state index contributed by atoms with van der Waals surface area (Å²) in [5, 5.41) is 12.0. The van der Waals surface area contributed by atoms with Crippen molar-refractivity contribution >= 4 is 29.9 Å². The minimum atomic E-state index is -0.530. The third kappa shape index (κ3) is 5.18. The van der Waals surface area contributed by atoms with E-state index in [1.54, 1.807) is 17.0 Å². The van der Waals surface area contributed by atoms with Crippen LogP contribution in [0.15, 0.2) is 42.5 Å². The number of carbonyl (C=O) groups excluding carboxylic acids is 3. The molecule has 8 heteroatoms. The molecular weight excluding hydrogens is 432 g/mol. The Bertz CT molecular complexity index is 992. The van der Waals surface area contributed by atoms with E-state index in [0.29, 0.717) is 50.4 Å². The third-order valence-corrected chi connectivity index (χ3v) is 5.80. The Kier molecular flexibility index (Phi) is 8.01. The molecular formula is C24H27ClN2O5. The van der Waals surface area contributed by atoms with Crippen molar-refractivity contribution < 1.29 is 24.2 Å². The topological polar surface area (TPSA) is 95.9 Å². The normalized spacial score (nSPS) is 17.8. The lowest BCUT2D eigenvalue weighted by Gasteiger charge is -2.29. The Balaban J connectivity index is 0.00000289. The highest BCUT2D eigenvalue weighted by Gasteiger charge is 2.39. The molecule has 2 aliphatic rings. The van der Waals surface area contributed by atoms with Gasteiger partial charge in [0, 0.05) is 30.6 Å². The van der Waals surface area contributed by atoms with Crippen molar-refractivity contribution in [2.45, 2.75) is 45.0 Å². The molecule has 2 aromatic carbocycles. The fourth-order valence-corrected chi connectivity index (χ4v) is 4.13.